The summed E-state index contributed by atoms with van der Waals surface area (Å²) in [7, 11) is 0. The van der Waals surface area contributed by atoms with Gasteiger partial charge in [0, 0.05) is 38.2 Å². The molecule has 2 fully saturated rings. The van der Waals surface area contributed by atoms with Crippen LogP contribution in [0.3, 0.4) is 0 Å². The molecule has 0 spiro atoms. The number of hydrogen-bond donors (Lipinski definition) is 2. The molecule has 0 unspecified atom stereocenters. The van der Waals surface area contributed by atoms with Crippen LogP contribution in [-0.4, -0.2) is 60.4 Å². The van der Waals surface area contributed by atoms with E-state index in [0.717, 1.165) is 58.0 Å². The number of rotatable bonds is 9. The third-order valence-corrected chi connectivity index (χ3v) is 5.88. The second-order valence-corrected chi connectivity index (χ2v) is 7.89. The van der Waals surface area contributed by atoms with E-state index >= 15 is 0 Å². The van der Waals surface area contributed by atoms with E-state index in [-0.39, 0.29) is 18.1 Å². The minimum absolute atomic E-state index is 0.140. The Kier molecular flexibility index (Phi) is 8.11. The summed E-state index contributed by atoms with van der Waals surface area (Å²) >= 11 is 0. The lowest BCUT2D eigenvalue weighted by Crippen LogP contribution is -2.49. The third kappa shape index (κ3) is 6.59. The van der Waals surface area contributed by atoms with E-state index in [2.05, 4.69) is 22.3 Å². The minimum Gasteiger partial charge on any atom is -0.391 e. The average molecular weight is 375 g/mol. The molecular weight excluding hydrogens is 340 g/mol. The summed E-state index contributed by atoms with van der Waals surface area (Å²) in [6, 6.07) is 10.9. The molecule has 1 aromatic rings. The summed E-state index contributed by atoms with van der Waals surface area (Å²) in [6.45, 7) is 3.31. The lowest BCUT2D eigenvalue weighted by molar-refractivity contribution is -0.122. The predicted molar refractivity (Wildman–Crippen MR) is 107 cm³/mol. The molecule has 1 aliphatic heterocycles. The Hall–Kier alpha value is -1.43. The molecule has 2 N–H and O–H groups in total. The van der Waals surface area contributed by atoms with Gasteiger partial charge < -0.3 is 15.2 Å². The van der Waals surface area contributed by atoms with Gasteiger partial charge in [0.1, 0.15) is 0 Å². The van der Waals surface area contributed by atoms with Crippen LogP contribution in [0.15, 0.2) is 30.3 Å². The van der Waals surface area contributed by atoms with Gasteiger partial charge in [-0.25, -0.2) is 0 Å². The highest BCUT2D eigenvalue weighted by atomic mass is 16.5. The Labute approximate surface area is 163 Å². The van der Waals surface area contributed by atoms with E-state index in [4.69, 9.17) is 4.74 Å². The van der Waals surface area contributed by atoms with Gasteiger partial charge in [0.15, 0.2) is 0 Å². The van der Waals surface area contributed by atoms with Crippen LogP contribution in [0.1, 0.15) is 50.5 Å². The van der Waals surface area contributed by atoms with Gasteiger partial charge >= 0.3 is 0 Å². The largest absolute Gasteiger partial charge is 0.391 e. The zero-order valence-corrected chi connectivity index (χ0v) is 16.3. The molecule has 5 nitrogen and oxygen atoms in total. The quantitative estimate of drug-likeness (QED) is 0.652. The normalized spacial score (nSPS) is 24.2. The number of ether oxygens (including phenoxy) is 1. The summed E-state index contributed by atoms with van der Waals surface area (Å²) in [5.41, 5.74) is 1.28. The maximum Gasteiger partial charge on any atom is 0.220 e. The summed E-state index contributed by atoms with van der Waals surface area (Å²) < 4.78 is 5.65. The number of carbonyl (C=O) groups excluding carboxylic acids is 1. The van der Waals surface area contributed by atoms with Crippen LogP contribution in [-0.2, 0) is 16.0 Å². The number of benzene rings is 1. The summed E-state index contributed by atoms with van der Waals surface area (Å²) in [4.78, 5) is 14.6. The standard InChI is InChI=1S/C22H34N2O3/c25-21-9-4-8-20(21)24-14-11-19(12-15-24)23-22(26)10-5-16-27-17-13-18-6-2-1-3-7-18/h1-3,6-7,19-21,25H,4-5,8-17H2,(H,23,26)/t20-,21+/m1/s1. The van der Waals surface area contributed by atoms with Crippen LogP contribution in [0.2, 0.25) is 0 Å². The lowest BCUT2D eigenvalue weighted by atomic mass is 10.0. The van der Waals surface area contributed by atoms with E-state index in [0.29, 0.717) is 25.7 Å². The zero-order chi connectivity index (χ0) is 18.9. The molecule has 0 radical (unpaired) electrons. The van der Waals surface area contributed by atoms with Gasteiger partial charge in [0.2, 0.25) is 5.91 Å². The fourth-order valence-corrected chi connectivity index (χ4v) is 4.29. The van der Waals surface area contributed by atoms with Crippen molar-refractivity contribution in [1.29, 1.82) is 0 Å². The fourth-order valence-electron chi connectivity index (χ4n) is 4.29. The number of carbonyl (C=O) groups is 1. The maximum absolute atomic E-state index is 12.1. The summed E-state index contributed by atoms with van der Waals surface area (Å²) in [5, 5.41) is 13.2. The molecule has 1 aromatic carbocycles. The molecular formula is C22H34N2O3. The highest BCUT2D eigenvalue weighted by Crippen LogP contribution is 2.26. The summed E-state index contributed by atoms with van der Waals surface area (Å²) in [6.07, 6.45) is 7.23. The van der Waals surface area contributed by atoms with Crippen LogP contribution < -0.4 is 5.32 Å². The fraction of sp³-hybridized carbons (Fsp3) is 0.682. The van der Waals surface area contributed by atoms with Crippen LogP contribution in [0.4, 0.5) is 0 Å². The van der Waals surface area contributed by atoms with Crippen LogP contribution >= 0.6 is 0 Å². The number of amides is 1. The van der Waals surface area contributed by atoms with Crippen molar-refractivity contribution in [3.63, 3.8) is 0 Å². The molecule has 1 saturated carbocycles. The van der Waals surface area contributed by atoms with Gasteiger partial charge in [-0.2, -0.15) is 0 Å². The number of hydrogen-bond acceptors (Lipinski definition) is 4. The number of likely N-dealkylation sites (tertiary alicyclic amines) is 1. The first-order valence-electron chi connectivity index (χ1n) is 10.6. The Balaban J connectivity index is 1.22. The highest BCUT2D eigenvalue weighted by molar-refractivity contribution is 5.76. The Morgan fingerprint density at radius 2 is 1.89 bits per heavy atom. The second kappa shape index (κ2) is 10.8. The molecule has 150 valence electrons. The molecule has 1 saturated heterocycles. The van der Waals surface area contributed by atoms with E-state index in [1.165, 1.54) is 5.56 Å². The molecule has 0 aromatic heterocycles. The van der Waals surface area contributed by atoms with Gasteiger partial charge in [0.25, 0.3) is 0 Å². The monoisotopic (exact) mass is 374 g/mol. The van der Waals surface area contributed by atoms with Crippen LogP contribution in [0.25, 0.3) is 0 Å². The Morgan fingerprint density at radius 3 is 2.59 bits per heavy atom. The molecule has 1 aliphatic carbocycles. The van der Waals surface area contributed by atoms with Gasteiger partial charge in [-0.15, -0.1) is 0 Å². The van der Waals surface area contributed by atoms with Crippen LogP contribution in [0, 0.1) is 0 Å². The van der Waals surface area contributed by atoms with Crippen molar-refractivity contribution < 1.29 is 14.6 Å². The molecule has 27 heavy (non-hydrogen) atoms. The molecule has 2 atom stereocenters. The smallest absolute Gasteiger partial charge is 0.220 e. The molecule has 2 aliphatic rings. The average Bonchev–Trinajstić information content (AvgIpc) is 3.12. The SMILES string of the molecule is O=C(CCCOCCc1ccccc1)NC1CCN([C@@H]2CCC[C@@H]2O)CC1. The topological polar surface area (TPSA) is 61.8 Å². The van der Waals surface area contributed by atoms with Crippen molar-refractivity contribution in [3.05, 3.63) is 35.9 Å². The number of nitrogens with zero attached hydrogens (tertiary/aromatic N) is 1. The second-order valence-electron chi connectivity index (χ2n) is 7.89. The Bertz CT molecular complexity index is 558. The van der Waals surface area contributed by atoms with E-state index in [9.17, 15) is 9.90 Å². The van der Waals surface area contributed by atoms with Crippen LogP contribution in [0.5, 0.6) is 0 Å². The number of aliphatic hydroxyl groups is 1. The molecule has 3 rings (SSSR count). The first-order valence-corrected chi connectivity index (χ1v) is 10.6. The number of aliphatic hydroxyl groups excluding tert-OH is 1. The third-order valence-electron chi connectivity index (χ3n) is 5.88. The zero-order valence-electron chi connectivity index (χ0n) is 16.3. The highest BCUT2D eigenvalue weighted by Gasteiger charge is 2.33. The Morgan fingerprint density at radius 1 is 1.11 bits per heavy atom. The number of nitrogens with one attached hydrogen (secondary N) is 1. The number of piperidine rings is 1. The molecule has 5 heteroatoms. The van der Waals surface area contributed by atoms with Crippen molar-refractivity contribution in [2.75, 3.05) is 26.3 Å². The van der Waals surface area contributed by atoms with Gasteiger partial charge in [-0.3, -0.25) is 9.69 Å². The first-order chi connectivity index (χ1) is 13.2. The molecule has 1 amide bonds. The van der Waals surface area contributed by atoms with Gasteiger partial charge in [-0.05, 0) is 50.5 Å². The van der Waals surface area contributed by atoms with Crippen molar-refractivity contribution in [1.82, 2.24) is 10.2 Å². The minimum atomic E-state index is -0.155. The van der Waals surface area contributed by atoms with E-state index in [1.54, 1.807) is 0 Å². The van der Waals surface area contributed by atoms with Crippen molar-refractivity contribution in [2.24, 2.45) is 0 Å². The maximum atomic E-state index is 12.1. The lowest BCUT2D eigenvalue weighted by Gasteiger charge is -2.37. The first kappa shape index (κ1) is 20.3. The van der Waals surface area contributed by atoms with Gasteiger partial charge in [0.05, 0.1) is 12.7 Å². The predicted octanol–water partition coefficient (Wildman–Crippen LogP) is 2.52. The van der Waals surface area contributed by atoms with E-state index in [1.807, 2.05) is 18.2 Å². The summed E-state index contributed by atoms with van der Waals surface area (Å²) in [5.74, 6) is 0.140. The molecule has 1 heterocycles. The van der Waals surface area contributed by atoms with Crippen molar-refractivity contribution in [3.8, 4) is 0 Å². The van der Waals surface area contributed by atoms with Crippen molar-refractivity contribution in [2.45, 2.75) is 69.6 Å². The van der Waals surface area contributed by atoms with E-state index < -0.39 is 0 Å². The molecule has 0 bridgehead atoms. The van der Waals surface area contributed by atoms with Crippen molar-refractivity contribution >= 4 is 5.91 Å². The van der Waals surface area contributed by atoms with Gasteiger partial charge in [-0.1, -0.05) is 30.3 Å².